The summed E-state index contributed by atoms with van der Waals surface area (Å²) in [7, 11) is 0. The predicted octanol–water partition coefficient (Wildman–Crippen LogP) is 4.28. The molecule has 142 valence electrons. The number of rotatable bonds is 8. The lowest BCUT2D eigenvalue weighted by molar-refractivity contribution is -0.118. The molecule has 0 radical (unpaired) electrons. The number of allylic oxidation sites excluding steroid dienone is 4. The number of halogens is 3. The van der Waals surface area contributed by atoms with Gasteiger partial charge in [0, 0.05) is 11.6 Å². The maximum Gasteiger partial charge on any atom is 0.253 e. The highest BCUT2D eigenvalue weighted by Crippen LogP contribution is 2.24. The van der Waals surface area contributed by atoms with Gasteiger partial charge in [-0.25, -0.2) is 13.2 Å². The topological polar surface area (TPSA) is 41.1 Å². The number of hydrogen-bond donors (Lipinski definition) is 2. The first kappa shape index (κ1) is 21.5. The molecular formula is C19H29F3N2O. The van der Waals surface area contributed by atoms with Crippen LogP contribution in [0.1, 0.15) is 46.5 Å². The summed E-state index contributed by atoms with van der Waals surface area (Å²) in [6.07, 6.45) is 3.93. The highest BCUT2D eigenvalue weighted by atomic mass is 19.3. The maximum atomic E-state index is 12.8. The third-order valence-corrected chi connectivity index (χ3v) is 4.43. The number of alkyl halides is 2. The molecule has 1 aliphatic carbocycles. The Kier molecular flexibility index (Phi) is 8.97. The van der Waals surface area contributed by atoms with Crippen molar-refractivity contribution in [1.29, 1.82) is 0 Å². The van der Waals surface area contributed by atoms with Gasteiger partial charge in [-0.1, -0.05) is 6.58 Å². The van der Waals surface area contributed by atoms with Gasteiger partial charge in [-0.3, -0.25) is 4.79 Å². The Labute approximate surface area is 148 Å². The van der Waals surface area contributed by atoms with Gasteiger partial charge in [-0.05, 0) is 76.6 Å². The molecule has 1 amide bonds. The van der Waals surface area contributed by atoms with Crippen LogP contribution < -0.4 is 10.6 Å². The normalized spacial score (nSPS) is 23.5. The Balaban J connectivity index is 2.38. The minimum absolute atomic E-state index is 0.0892. The van der Waals surface area contributed by atoms with E-state index in [-0.39, 0.29) is 17.8 Å². The van der Waals surface area contributed by atoms with Crippen LogP contribution in [0.15, 0.2) is 35.7 Å². The third-order valence-electron chi connectivity index (χ3n) is 4.43. The predicted molar refractivity (Wildman–Crippen MR) is 95.1 cm³/mol. The molecule has 0 bridgehead atoms. The highest BCUT2D eigenvalue weighted by Gasteiger charge is 2.24. The van der Waals surface area contributed by atoms with Crippen molar-refractivity contribution in [1.82, 2.24) is 10.6 Å². The van der Waals surface area contributed by atoms with Crippen molar-refractivity contribution in [2.45, 2.75) is 65.0 Å². The molecule has 0 spiro atoms. The van der Waals surface area contributed by atoms with Crippen LogP contribution in [0.4, 0.5) is 13.2 Å². The number of nitrogens with one attached hydrogen (secondary N) is 2. The third kappa shape index (κ3) is 8.38. The highest BCUT2D eigenvalue weighted by molar-refractivity contribution is 5.93. The smallest absolute Gasteiger partial charge is 0.253 e. The Bertz CT molecular complexity index is 517. The Hall–Kier alpha value is -1.56. The van der Waals surface area contributed by atoms with E-state index in [1.807, 2.05) is 0 Å². The Morgan fingerprint density at radius 1 is 1.20 bits per heavy atom. The second-order valence-corrected chi connectivity index (χ2v) is 6.86. The van der Waals surface area contributed by atoms with Crippen molar-refractivity contribution < 1.29 is 18.0 Å². The molecule has 3 nitrogen and oxygen atoms in total. The number of carbonyl (C=O) groups excluding carboxylic acids is 1. The van der Waals surface area contributed by atoms with Gasteiger partial charge in [0.05, 0.1) is 11.9 Å². The fraction of sp³-hybridized carbons (Fsp3) is 0.632. The monoisotopic (exact) mass is 358 g/mol. The Morgan fingerprint density at radius 3 is 2.32 bits per heavy atom. The number of carbonyl (C=O) groups is 1. The molecule has 1 saturated carbocycles. The molecule has 1 rings (SSSR count). The van der Waals surface area contributed by atoms with Crippen molar-refractivity contribution in [3.8, 4) is 0 Å². The van der Waals surface area contributed by atoms with E-state index in [0.29, 0.717) is 23.6 Å². The van der Waals surface area contributed by atoms with Crippen LogP contribution in [0, 0.1) is 5.92 Å². The van der Waals surface area contributed by atoms with Crippen molar-refractivity contribution in [3.63, 3.8) is 0 Å². The van der Waals surface area contributed by atoms with Crippen LogP contribution >= 0.6 is 0 Å². The van der Waals surface area contributed by atoms with E-state index in [2.05, 4.69) is 17.2 Å². The van der Waals surface area contributed by atoms with E-state index in [1.165, 1.54) is 19.9 Å². The van der Waals surface area contributed by atoms with Crippen LogP contribution in [0.3, 0.4) is 0 Å². The van der Waals surface area contributed by atoms with E-state index in [4.69, 9.17) is 0 Å². The second kappa shape index (κ2) is 10.4. The summed E-state index contributed by atoms with van der Waals surface area (Å²) in [6.45, 7) is 8.75. The average Bonchev–Trinajstić information content (AvgIpc) is 2.52. The molecule has 1 atom stereocenters. The standard InChI is InChI=1S/C19H29F3N2O/c1-12(10-14(3)20)9-13(2)19(25)24-17-7-5-16(6-8-17)11-23-15(4)18(21)22/h9-10,15-18,23H,1,5-8,11H2,2-4H3,(H,24,25)/b13-9+,14-10+/t15-,16-,17-/m0/s1. The van der Waals surface area contributed by atoms with Gasteiger partial charge in [0.2, 0.25) is 5.91 Å². The molecule has 25 heavy (non-hydrogen) atoms. The minimum atomic E-state index is -2.35. The van der Waals surface area contributed by atoms with Crippen LogP contribution in [-0.2, 0) is 4.79 Å². The van der Waals surface area contributed by atoms with Gasteiger partial charge >= 0.3 is 0 Å². The summed E-state index contributed by atoms with van der Waals surface area (Å²) >= 11 is 0. The molecule has 0 aromatic heterocycles. The van der Waals surface area contributed by atoms with Gasteiger partial charge in [-0.15, -0.1) is 0 Å². The lowest BCUT2D eigenvalue weighted by atomic mass is 9.85. The quantitative estimate of drug-likeness (QED) is 0.502. The maximum absolute atomic E-state index is 12.8. The second-order valence-electron chi connectivity index (χ2n) is 6.86. The zero-order chi connectivity index (χ0) is 19.0. The van der Waals surface area contributed by atoms with E-state index >= 15 is 0 Å². The van der Waals surface area contributed by atoms with Gasteiger partial charge < -0.3 is 10.6 Å². The average molecular weight is 358 g/mol. The van der Waals surface area contributed by atoms with E-state index < -0.39 is 12.5 Å². The molecule has 0 unspecified atom stereocenters. The first-order chi connectivity index (χ1) is 11.7. The van der Waals surface area contributed by atoms with Gasteiger partial charge in [0.25, 0.3) is 6.43 Å². The van der Waals surface area contributed by atoms with Crippen molar-refractivity contribution in [3.05, 3.63) is 35.7 Å². The molecule has 0 aliphatic heterocycles. The number of hydrogen-bond acceptors (Lipinski definition) is 2. The molecule has 0 heterocycles. The zero-order valence-electron chi connectivity index (χ0n) is 15.2. The largest absolute Gasteiger partial charge is 0.350 e. The first-order valence-electron chi connectivity index (χ1n) is 8.72. The molecule has 1 fully saturated rings. The van der Waals surface area contributed by atoms with Crippen LogP contribution in [0.2, 0.25) is 0 Å². The summed E-state index contributed by atoms with van der Waals surface area (Å²) in [5.41, 5.74) is 0.924. The fourth-order valence-corrected chi connectivity index (χ4v) is 2.89. The molecule has 0 aromatic rings. The van der Waals surface area contributed by atoms with Crippen LogP contribution in [0.25, 0.3) is 0 Å². The minimum Gasteiger partial charge on any atom is -0.350 e. The van der Waals surface area contributed by atoms with Gasteiger partial charge in [-0.2, -0.15) is 0 Å². The lowest BCUT2D eigenvalue weighted by Crippen LogP contribution is -2.41. The van der Waals surface area contributed by atoms with Crippen LogP contribution in [0.5, 0.6) is 0 Å². The van der Waals surface area contributed by atoms with Crippen molar-refractivity contribution in [2.75, 3.05) is 6.54 Å². The first-order valence-corrected chi connectivity index (χ1v) is 8.72. The van der Waals surface area contributed by atoms with Crippen molar-refractivity contribution >= 4 is 5.91 Å². The summed E-state index contributed by atoms with van der Waals surface area (Å²) < 4.78 is 37.7. The molecule has 0 saturated heterocycles. The summed E-state index contributed by atoms with van der Waals surface area (Å²) in [6, 6.07) is -0.702. The van der Waals surface area contributed by atoms with Gasteiger partial charge in [0.1, 0.15) is 0 Å². The fourth-order valence-electron chi connectivity index (χ4n) is 2.89. The van der Waals surface area contributed by atoms with E-state index in [1.54, 1.807) is 13.0 Å². The number of amides is 1. The summed E-state index contributed by atoms with van der Waals surface area (Å²) in [4.78, 5) is 12.2. The van der Waals surface area contributed by atoms with E-state index in [0.717, 1.165) is 25.7 Å². The van der Waals surface area contributed by atoms with Gasteiger partial charge in [0.15, 0.2) is 0 Å². The van der Waals surface area contributed by atoms with E-state index in [9.17, 15) is 18.0 Å². The SMILES string of the molecule is C=C(/C=C(\C)F)/C=C(\C)C(=O)N[C@H]1CC[C@H](CN[C@@H](C)C(F)F)CC1. The molecule has 0 aromatic carbocycles. The molecule has 6 heteroatoms. The van der Waals surface area contributed by atoms with Crippen LogP contribution in [-0.4, -0.2) is 31.0 Å². The molecular weight excluding hydrogens is 329 g/mol. The van der Waals surface area contributed by atoms with Crippen molar-refractivity contribution in [2.24, 2.45) is 5.92 Å². The lowest BCUT2D eigenvalue weighted by Gasteiger charge is -2.30. The summed E-state index contributed by atoms with van der Waals surface area (Å²) in [5.74, 6) is -0.176. The summed E-state index contributed by atoms with van der Waals surface area (Å²) in [5, 5.41) is 5.85. The molecule has 2 N–H and O–H groups in total. The Morgan fingerprint density at radius 2 is 1.80 bits per heavy atom. The zero-order valence-corrected chi connectivity index (χ0v) is 15.2. The molecule has 1 aliphatic rings.